The molecule has 5 nitrogen and oxygen atoms in total. The molecule has 3 rings (SSSR count). The maximum Gasteiger partial charge on any atom is 0.299 e. The first-order valence-corrected chi connectivity index (χ1v) is 8.47. The van der Waals surface area contributed by atoms with E-state index in [1.807, 2.05) is 36.4 Å². The highest BCUT2D eigenvalue weighted by atomic mass is 33.2. The molecule has 20 heavy (non-hydrogen) atoms. The van der Waals surface area contributed by atoms with E-state index in [-0.39, 0.29) is 11.0 Å². The highest BCUT2D eigenvalue weighted by Gasteiger charge is 2.22. The Labute approximate surface area is 119 Å². The van der Waals surface area contributed by atoms with Gasteiger partial charge in [0.25, 0.3) is 5.65 Å². The molecule has 0 aliphatic heterocycles. The molecule has 0 spiro atoms. The van der Waals surface area contributed by atoms with Gasteiger partial charge in [-0.1, -0.05) is 36.4 Å². The number of rotatable bonds is 3. The molecule has 0 fully saturated rings. The number of hydrogen-bond acceptors (Lipinski definition) is 4. The summed E-state index contributed by atoms with van der Waals surface area (Å²) in [7, 11) is -4.18. The molecule has 2 heterocycles. The number of aromatic nitrogens is 2. The summed E-state index contributed by atoms with van der Waals surface area (Å²) in [6, 6.07) is 14.7. The van der Waals surface area contributed by atoms with Gasteiger partial charge in [0.05, 0.1) is 6.20 Å². The lowest BCUT2D eigenvalue weighted by molar-refractivity contribution is -0.509. The van der Waals surface area contributed by atoms with Crippen molar-refractivity contribution in [1.29, 1.82) is 0 Å². The molecule has 0 amide bonds. The Hall–Kier alpha value is -1.83. The van der Waals surface area contributed by atoms with Gasteiger partial charge in [-0.25, -0.2) is 12.8 Å². The lowest BCUT2D eigenvalue weighted by Crippen LogP contribution is -2.17. The minimum Gasteiger partial charge on any atom is -0.736 e. The summed E-state index contributed by atoms with van der Waals surface area (Å²) >= 11 is 0. The average Bonchev–Trinajstić information content (AvgIpc) is 2.77. The van der Waals surface area contributed by atoms with Gasteiger partial charge in [0.15, 0.2) is 25.8 Å². The van der Waals surface area contributed by atoms with Crippen molar-refractivity contribution in [2.24, 2.45) is 0 Å². The summed E-state index contributed by atoms with van der Waals surface area (Å²) in [6.07, 6.45) is 3.60. The number of benzene rings is 1. The summed E-state index contributed by atoms with van der Waals surface area (Å²) in [6.45, 7) is 0. The Balaban J connectivity index is 2.28. The van der Waals surface area contributed by atoms with E-state index in [1.54, 1.807) is 28.9 Å². The van der Waals surface area contributed by atoms with Crippen molar-refractivity contribution in [3.05, 3.63) is 60.9 Å². The zero-order chi connectivity index (χ0) is 14.2. The molecule has 3 aromatic rings. The third-order valence-electron chi connectivity index (χ3n) is 2.79. The van der Waals surface area contributed by atoms with E-state index in [0.717, 1.165) is 5.56 Å². The van der Waals surface area contributed by atoms with E-state index in [1.165, 1.54) is 3.97 Å². The van der Waals surface area contributed by atoms with Crippen LogP contribution in [0.15, 0.2) is 60.9 Å². The Kier molecular flexibility index (Phi) is 3.25. The molecule has 0 bridgehead atoms. The number of nitrogens with zero attached hydrogens (tertiary/aromatic N) is 2. The van der Waals surface area contributed by atoms with Crippen LogP contribution >= 0.6 is 11.0 Å². The van der Waals surface area contributed by atoms with Crippen LogP contribution in [0.3, 0.4) is 0 Å². The third-order valence-corrected chi connectivity index (χ3v) is 4.50. The van der Waals surface area contributed by atoms with Gasteiger partial charge in [-0.05, 0) is 6.07 Å². The topological polar surface area (TPSA) is 66.2 Å². The van der Waals surface area contributed by atoms with Crippen LogP contribution in [0.4, 0.5) is 0 Å². The maximum absolute atomic E-state index is 11.1. The monoisotopic (exact) mass is 306 g/mol. The molecule has 1 aromatic carbocycles. The van der Waals surface area contributed by atoms with Crippen LogP contribution < -0.4 is 4.40 Å². The van der Waals surface area contributed by atoms with Crippen LogP contribution in [0.1, 0.15) is 0 Å². The van der Waals surface area contributed by atoms with Crippen molar-refractivity contribution in [3.63, 3.8) is 0 Å². The molecule has 0 unspecified atom stereocenters. The predicted molar refractivity (Wildman–Crippen MR) is 75.7 cm³/mol. The van der Waals surface area contributed by atoms with Crippen LogP contribution in [0.5, 0.6) is 0 Å². The molecule has 0 saturated carbocycles. The highest BCUT2D eigenvalue weighted by Crippen LogP contribution is 2.27. The van der Waals surface area contributed by atoms with Gasteiger partial charge in [0.2, 0.25) is 0 Å². The summed E-state index contributed by atoms with van der Waals surface area (Å²) in [5.41, 5.74) is 2.12. The fourth-order valence-corrected chi connectivity index (χ4v) is 3.67. The highest BCUT2D eigenvalue weighted by molar-refractivity contribution is 8.69. The Morgan fingerprint density at radius 2 is 1.75 bits per heavy atom. The summed E-state index contributed by atoms with van der Waals surface area (Å²) in [4.78, 5) is 0. The fraction of sp³-hybridized carbons (Fsp3) is 0. The standard InChI is InChI=1S/C13H10N2O3S2/c16-20(17,18)19-15-12(11-6-2-1-3-7-11)10-14-9-5-4-8-13(14)15/h1-10H. The zero-order valence-electron chi connectivity index (χ0n) is 10.2. The lowest BCUT2D eigenvalue weighted by atomic mass is 10.2. The van der Waals surface area contributed by atoms with Crippen LogP contribution in [0, 0.1) is 0 Å². The van der Waals surface area contributed by atoms with Crippen molar-refractivity contribution in [1.82, 2.24) is 3.97 Å². The Morgan fingerprint density at radius 1 is 1.05 bits per heavy atom. The van der Waals surface area contributed by atoms with Gasteiger partial charge in [-0.15, -0.1) is 3.97 Å². The smallest absolute Gasteiger partial charge is 0.299 e. The quantitative estimate of drug-likeness (QED) is 0.421. The Bertz CT molecular complexity index is 858. The molecular weight excluding hydrogens is 296 g/mol. The second-order valence-electron chi connectivity index (χ2n) is 4.12. The van der Waals surface area contributed by atoms with Crippen molar-refractivity contribution < 1.29 is 17.4 Å². The predicted octanol–water partition coefficient (Wildman–Crippen LogP) is 1.85. The molecule has 0 aliphatic carbocycles. The van der Waals surface area contributed by atoms with E-state index in [0.29, 0.717) is 11.3 Å². The van der Waals surface area contributed by atoms with Crippen molar-refractivity contribution >= 4 is 25.8 Å². The second kappa shape index (κ2) is 4.93. The maximum atomic E-state index is 11.1. The lowest BCUT2D eigenvalue weighted by Gasteiger charge is -2.04. The first-order chi connectivity index (χ1) is 9.54. The molecular formula is C13H10N2O3S2. The van der Waals surface area contributed by atoms with Crippen molar-refractivity contribution in [2.75, 3.05) is 0 Å². The molecule has 102 valence electrons. The largest absolute Gasteiger partial charge is 0.736 e. The van der Waals surface area contributed by atoms with E-state index < -0.39 is 9.15 Å². The second-order valence-corrected chi connectivity index (χ2v) is 7.13. The van der Waals surface area contributed by atoms with E-state index in [2.05, 4.69) is 0 Å². The van der Waals surface area contributed by atoms with Crippen LogP contribution in [0.25, 0.3) is 16.9 Å². The zero-order valence-corrected chi connectivity index (χ0v) is 11.8. The van der Waals surface area contributed by atoms with Gasteiger partial charge in [-0.2, -0.15) is 0 Å². The molecule has 0 saturated heterocycles. The van der Waals surface area contributed by atoms with Gasteiger partial charge >= 0.3 is 0 Å². The number of pyridine rings is 1. The summed E-state index contributed by atoms with van der Waals surface area (Å²) in [5, 5.41) is 0. The molecule has 0 radical (unpaired) electrons. The normalized spacial score (nSPS) is 11.8. The van der Waals surface area contributed by atoms with Gasteiger partial charge in [0.1, 0.15) is 6.20 Å². The van der Waals surface area contributed by atoms with Crippen LogP contribution in [0.2, 0.25) is 0 Å². The molecule has 0 atom stereocenters. The minimum atomic E-state index is -4.45. The minimum absolute atomic E-state index is 0.271. The van der Waals surface area contributed by atoms with Gasteiger partial charge in [-0.3, -0.25) is 0 Å². The first kappa shape index (κ1) is 13.2. The molecule has 7 heteroatoms. The van der Waals surface area contributed by atoms with E-state index in [4.69, 9.17) is 0 Å². The van der Waals surface area contributed by atoms with E-state index >= 15 is 0 Å². The SMILES string of the molecule is O=S(=O)([O-])Sn1c(-c2ccccc2)c[n+]2ccccc12. The van der Waals surface area contributed by atoms with Crippen molar-refractivity contribution in [3.8, 4) is 11.3 Å². The average molecular weight is 306 g/mol. The molecule has 2 aromatic heterocycles. The van der Waals surface area contributed by atoms with E-state index in [9.17, 15) is 13.0 Å². The summed E-state index contributed by atoms with van der Waals surface area (Å²) < 4.78 is 36.5. The van der Waals surface area contributed by atoms with Crippen molar-refractivity contribution in [2.45, 2.75) is 0 Å². The number of hydrogen-bond donors (Lipinski definition) is 0. The third kappa shape index (κ3) is 2.55. The van der Waals surface area contributed by atoms with Crippen LogP contribution in [-0.4, -0.2) is 16.9 Å². The molecule has 0 aliphatic rings. The van der Waals surface area contributed by atoms with Crippen LogP contribution in [-0.2, 0) is 9.15 Å². The van der Waals surface area contributed by atoms with Gasteiger partial charge in [0, 0.05) is 11.6 Å². The number of fused-ring (bicyclic) bond motifs is 1. The summed E-state index contributed by atoms with van der Waals surface area (Å²) in [5.74, 6) is 0. The Morgan fingerprint density at radius 3 is 2.45 bits per heavy atom. The molecule has 0 N–H and O–H groups in total. The van der Waals surface area contributed by atoms with Gasteiger partial charge < -0.3 is 4.55 Å². The fourth-order valence-electron chi connectivity index (χ4n) is 2.01. The number of imidazole rings is 1. The first-order valence-electron chi connectivity index (χ1n) is 5.77.